The average Bonchev–Trinajstić information content (AvgIpc) is 3.15. The second-order valence-corrected chi connectivity index (χ2v) is 13.7. The van der Waals surface area contributed by atoms with Crippen LogP contribution in [0.15, 0.2) is 85.1 Å². The van der Waals surface area contributed by atoms with Crippen LogP contribution in [0.5, 0.6) is 0 Å². The Balaban J connectivity index is 4.56. The Morgan fingerprint density at radius 2 is 0.774 bits per heavy atom. The molecule has 0 aliphatic rings. The van der Waals surface area contributed by atoms with Crippen molar-refractivity contribution in [3.05, 3.63) is 85.1 Å². The lowest BCUT2D eigenvalue weighted by atomic mass is 10.1. The maximum Gasteiger partial charge on any atom is 0.306 e. The predicted molar refractivity (Wildman–Crippen MR) is 224 cm³/mol. The molecule has 0 heterocycles. The molecule has 0 bridgehead atoms. The summed E-state index contributed by atoms with van der Waals surface area (Å²) in [6.45, 7) is 6.31. The SMILES string of the molecule is CC\C=C/C=C\C=C/C=C\C=C/CCCC(=O)OCC(COC(=O)CCCCCCCCCCCCC)OC(=O)CCCCC/C=C\C=C/CCCC. The first-order chi connectivity index (χ1) is 26.0. The number of hydrogen-bond donors (Lipinski definition) is 0. The highest BCUT2D eigenvalue weighted by molar-refractivity contribution is 5.71. The zero-order chi connectivity index (χ0) is 38.7. The van der Waals surface area contributed by atoms with Gasteiger partial charge in [0.2, 0.25) is 0 Å². The van der Waals surface area contributed by atoms with E-state index in [1.54, 1.807) is 0 Å². The van der Waals surface area contributed by atoms with Crippen molar-refractivity contribution in [1.29, 1.82) is 0 Å². The van der Waals surface area contributed by atoms with E-state index in [2.05, 4.69) is 51.2 Å². The molecule has 0 aromatic rings. The summed E-state index contributed by atoms with van der Waals surface area (Å²) in [5.74, 6) is -1.03. The molecule has 300 valence electrons. The lowest BCUT2D eigenvalue weighted by molar-refractivity contribution is -0.167. The molecule has 0 spiro atoms. The number of ether oxygens (including phenoxy) is 3. The molecule has 1 atom stereocenters. The third kappa shape index (κ3) is 39.6. The normalized spacial score (nSPS) is 12.9. The average molecular weight is 737 g/mol. The van der Waals surface area contributed by atoms with Gasteiger partial charge in [-0.2, -0.15) is 0 Å². The van der Waals surface area contributed by atoms with E-state index in [4.69, 9.17) is 14.2 Å². The van der Waals surface area contributed by atoms with E-state index < -0.39 is 6.10 Å². The van der Waals surface area contributed by atoms with Crippen LogP contribution in [0, 0.1) is 0 Å². The summed E-state index contributed by atoms with van der Waals surface area (Å²) in [5.41, 5.74) is 0. The van der Waals surface area contributed by atoms with Crippen LogP contribution in [-0.4, -0.2) is 37.2 Å². The number of carbonyl (C=O) groups is 3. The van der Waals surface area contributed by atoms with Gasteiger partial charge < -0.3 is 14.2 Å². The van der Waals surface area contributed by atoms with Crippen LogP contribution in [-0.2, 0) is 28.6 Å². The van der Waals surface area contributed by atoms with Crippen LogP contribution in [0.25, 0.3) is 0 Å². The standard InChI is InChI=1S/C47H76O6/c1-4-7-10-13-16-19-22-23-26-28-31-34-37-40-46(49)52-43-44(53-47(50)41-38-35-32-29-25-21-18-15-12-9-6-3)42-51-45(48)39-36-33-30-27-24-20-17-14-11-8-5-2/h7,10,13,15-16,18-19,21-23,25-26,28,31,44H,4-6,8-9,11-12,14,17,20,24,27,29-30,32-43H2,1-3H3/b10-7-,16-13-,18-15-,22-19-,25-21-,26-23-,31-28-. The molecule has 6 nitrogen and oxygen atoms in total. The first-order valence-corrected chi connectivity index (χ1v) is 21.2. The Kier molecular flexibility index (Phi) is 38.7. The van der Waals surface area contributed by atoms with Gasteiger partial charge >= 0.3 is 17.9 Å². The molecule has 0 aliphatic heterocycles. The second kappa shape index (κ2) is 41.3. The number of esters is 3. The van der Waals surface area contributed by atoms with Crippen molar-refractivity contribution in [3.63, 3.8) is 0 Å². The van der Waals surface area contributed by atoms with Crippen molar-refractivity contribution in [2.24, 2.45) is 0 Å². The lowest BCUT2D eigenvalue weighted by Gasteiger charge is -2.18. The summed E-state index contributed by atoms with van der Waals surface area (Å²) >= 11 is 0. The van der Waals surface area contributed by atoms with Crippen molar-refractivity contribution in [2.45, 2.75) is 181 Å². The first kappa shape index (κ1) is 49.6. The second-order valence-electron chi connectivity index (χ2n) is 13.7. The van der Waals surface area contributed by atoms with E-state index in [9.17, 15) is 14.4 Å². The van der Waals surface area contributed by atoms with E-state index in [0.717, 1.165) is 64.2 Å². The fourth-order valence-electron chi connectivity index (χ4n) is 5.33. The van der Waals surface area contributed by atoms with Gasteiger partial charge in [-0.3, -0.25) is 14.4 Å². The molecule has 6 heteroatoms. The predicted octanol–water partition coefficient (Wildman–Crippen LogP) is 13.3. The summed E-state index contributed by atoms with van der Waals surface area (Å²) in [6, 6.07) is 0. The molecule has 0 N–H and O–H groups in total. The molecule has 0 saturated carbocycles. The number of carbonyl (C=O) groups excluding carboxylic acids is 3. The van der Waals surface area contributed by atoms with Crippen molar-refractivity contribution in [2.75, 3.05) is 13.2 Å². The smallest absolute Gasteiger partial charge is 0.306 e. The van der Waals surface area contributed by atoms with Gasteiger partial charge in [-0.15, -0.1) is 0 Å². The van der Waals surface area contributed by atoms with E-state index in [1.807, 2.05) is 54.7 Å². The van der Waals surface area contributed by atoms with Gasteiger partial charge in [-0.25, -0.2) is 0 Å². The Morgan fingerprint density at radius 3 is 1.30 bits per heavy atom. The Bertz CT molecular complexity index is 1080. The molecular weight excluding hydrogens is 661 g/mol. The van der Waals surface area contributed by atoms with Gasteiger partial charge in [0.15, 0.2) is 6.10 Å². The Hall–Kier alpha value is -3.41. The van der Waals surface area contributed by atoms with Crippen LogP contribution < -0.4 is 0 Å². The summed E-state index contributed by atoms with van der Waals surface area (Å²) < 4.78 is 16.6. The maximum atomic E-state index is 12.6. The van der Waals surface area contributed by atoms with E-state index in [-0.39, 0.29) is 44.0 Å². The summed E-state index contributed by atoms with van der Waals surface area (Å²) in [7, 11) is 0. The molecule has 0 rings (SSSR count). The third-order valence-corrected chi connectivity index (χ3v) is 8.54. The molecule has 0 amide bonds. The van der Waals surface area contributed by atoms with E-state index in [1.165, 1.54) is 64.2 Å². The van der Waals surface area contributed by atoms with Crippen molar-refractivity contribution >= 4 is 17.9 Å². The van der Waals surface area contributed by atoms with Crippen LogP contribution in [0.1, 0.15) is 175 Å². The Morgan fingerprint density at radius 1 is 0.396 bits per heavy atom. The molecule has 0 aromatic heterocycles. The van der Waals surface area contributed by atoms with E-state index in [0.29, 0.717) is 12.8 Å². The lowest BCUT2D eigenvalue weighted by Crippen LogP contribution is -2.30. The van der Waals surface area contributed by atoms with Crippen LogP contribution >= 0.6 is 0 Å². The minimum absolute atomic E-state index is 0.110. The maximum absolute atomic E-state index is 12.6. The molecule has 0 aromatic carbocycles. The number of hydrogen-bond acceptors (Lipinski definition) is 6. The minimum atomic E-state index is -0.814. The number of unbranched alkanes of at least 4 members (excludes halogenated alkanes) is 16. The fraction of sp³-hybridized carbons (Fsp3) is 0.638. The summed E-state index contributed by atoms with van der Waals surface area (Å²) in [6.07, 6.45) is 51.4. The van der Waals surface area contributed by atoms with Gasteiger partial charge in [0.1, 0.15) is 13.2 Å². The molecule has 53 heavy (non-hydrogen) atoms. The quantitative estimate of drug-likeness (QED) is 0.0276. The molecule has 0 radical (unpaired) electrons. The fourth-order valence-corrected chi connectivity index (χ4v) is 5.33. The monoisotopic (exact) mass is 737 g/mol. The van der Waals surface area contributed by atoms with E-state index >= 15 is 0 Å². The highest BCUT2D eigenvalue weighted by atomic mass is 16.6. The van der Waals surface area contributed by atoms with Crippen LogP contribution in [0.2, 0.25) is 0 Å². The van der Waals surface area contributed by atoms with Gasteiger partial charge in [0.05, 0.1) is 0 Å². The topological polar surface area (TPSA) is 78.9 Å². The largest absolute Gasteiger partial charge is 0.462 e. The van der Waals surface area contributed by atoms with Crippen molar-refractivity contribution < 1.29 is 28.6 Å². The van der Waals surface area contributed by atoms with Crippen LogP contribution in [0.3, 0.4) is 0 Å². The molecule has 1 unspecified atom stereocenters. The van der Waals surface area contributed by atoms with Crippen molar-refractivity contribution in [3.8, 4) is 0 Å². The van der Waals surface area contributed by atoms with Crippen molar-refractivity contribution in [1.82, 2.24) is 0 Å². The molecule has 0 aliphatic carbocycles. The van der Waals surface area contributed by atoms with Gasteiger partial charge in [-0.05, 0) is 51.4 Å². The van der Waals surface area contributed by atoms with Gasteiger partial charge in [-0.1, -0.05) is 189 Å². The molecule has 0 fully saturated rings. The van der Waals surface area contributed by atoms with Gasteiger partial charge in [0.25, 0.3) is 0 Å². The summed E-state index contributed by atoms with van der Waals surface area (Å²) in [4.78, 5) is 37.6. The minimum Gasteiger partial charge on any atom is -0.462 e. The van der Waals surface area contributed by atoms with Gasteiger partial charge in [0, 0.05) is 19.3 Å². The zero-order valence-corrected chi connectivity index (χ0v) is 34.0. The highest BCUT2D eigenvalue weighted by Crippen LogP contribution is 2.13. The Labute approximate surface area is 325 Å². The van der Waals surface area contributed by atoms with Crippen LogP contribution in [0.4, 0.5) is 0 Å². The highest BCUT2D eigenvalue weighted by Gasteiger charge is 2.19. The molecular formula is C47H76O6. The zero-order valence-electron chi connectivity index (χ0n) is 34.0. The number of rotatable bonds is 36. The number of allylic oxidation sites excluding steroid dienone is 14. The third-order valence-electron chi connectivity index (χ3n) is 8.54. The first-order valence-electron chi connectivity index (χ1n) is 21.2. The molecule has 0 saturated heterocycles. The summed E-state index contributed by atoms with van der Waals surface area (Å²) in [5, 5.41) is 0.